The zero-order chi connectivity index (χ0) is 10.1. The summed E-state index contributed by atoms with van der Waals surface area (Å²) in [4.78, 5) is 12.7. The largest absolute Gasteiger partial charge is 0.476 e. The Kier molecular flexibility index (Phi) is 2.20. The Morgan fingerprint density at radius 1 is 1.71 bits per heavy atom. The first kappa shape index (κ1) is 9.14. The van der Waals surface area contributed by atoms with Crippen LogP contribution in [0.2, 0.25) is 0 Å². The summed E-state index contributed by atoms with van der Waals surface area (Å²) < 4.78 is 1.60. The molecule has 1 aliphatic rings. The summed E-state index contributed by atoms with van der Waals surface area (Å²) in [5.41, 5.74) is 0.0117. The smallest absolute Gasteiger partial charge is 0.358 e. The third-order valence-corrected chi connectivity index (χ3v) is 2.34. The lowest BCUT2D eigenvalue weighted by atomic mass is 10.0. The van der Waals surface area contributed by atoms with Crippen molar-refractivity contribution in [2.75, 3.05) is 20.1 Å². The molecule has 0 saturated carbocycles. The van der Waals surface area contributed by atoms with E-state index in [0.29, 0.717) is 5.92 Å². The molecule has 0 amide bonds. The minimum atomic E-state index is -1.03. The Morgan fingerprint density at radius 3 is 2.93 bits per heavy atom. The first-order valence-electron chi connectivity index (χ1n) is 4.47. The summed E-state index contributed by atoms with van der Waals surface area (Å²) in [5.74, 6) is -0.453. The Balaban J connectivity index is 1.93. The zero-order valence-corrected chi connectivity index (χ0v) is 7.92. The van der Waals surface area contributed by atoms with E-state index in [1.165, 1.54) is 6.20 Å². The summed E-state index contributed by atoms with van der Waals surface area (Å²) in [7, 11) is 2.06. The Hall–Kier alpha value is -1.43. The highest BCUT2D eigenvalue weighted by Crippen LogP contribution is 2.14. The standard InChI is InChI=1S/C8H12N4O2/c1-11-2-6(3-11)4-12-5-7(8(13)14)9-10-12/h5-6H,2-4H2,1H3,(H,13,14). The molecule has 1 aromatic rings. The molecule has 0 unspecified atom stereocenters. The van der Waals surface area contributed by atoms with E-state index in [-0.39, 0.29) is 5.69 Å². The topological polar surface area (TPSA) is 71.2 Å². The van der Waals surface area contributed by atoms with E-state index < -0.39 is 5.97 Å². The molecule has 1 aromatic heterocycles. The van der Waals surface area contributed by atoms with Gasteiger partial charge in [0.25, 0.3) is 0 Å². The summed E-state index contributed by atoms with van der Waals surface area (Å²) in [6, 6.07) is 0. The first-order chi connectivity index (χ1) is 6.65. The molecule has 6 nitrogen and oxygen atoms in total. The number of carboxylic acid groups (broad SMARTS) is 1. The van der Waals surface area contributed by atoms with Crippen LogP contribution in [0.4, 0.5) is 0 Å². The molecule has 14 heavy (non-hydrogen) atoms. The van der Waals surface area contributed by atoms with Gasteiger partial charge in [0.2, 0.25) is 0 Å². The van der Waals surface area contributed by atoms with E-state index in [9.17, 15) is 4.79 Å². The number of aromatic nitrogens is 3. The van der Waals surface area contributed by atoms with Crippen LogP contribution in [-0.2, 0) is 6.54 Å². The molecule has 0 radical (unpaired) electrons. The number of aromatic carboxylic acids is 1. The minimum absolute atomic E-state index is 0.0117. The normalized spacial score (nSPS) is 18.1. The highest BCUT2D eigenvalue weighted by Gasteiger charge is 2.24. The SMILES string of the molecule is CN1CC(Cn2cc(C(=O)O)nn2)C1. The number of likely N-dealkylation sites (tertiary alicyclic amines) is 1. The van der Waals surface area contributed by atoms with E-state index in [4.69, 9.17) is 5.11 Å². The second-order valence-electron chi connectivity index (χ2n) is 3.72. The van der Waals surface area contributed by atoms with E-state index in [2.05, 4.69) is 22.3 Å². The molecule has 0 aromatic carbocycles. The highest BCUT2D eigenvalue weighted by molar-refractivity contribution is 5.84. The Labute approximate surface area is 81.1 Å². The van der Waals surface area contributed by atoms with Crippen LogP contribution in [0.25, 0.3) is 0 Å². The molecule has 0 aliphatic carbocycles. The predicted molar refractivity (Wildman–Crippen MR) is 48.0 cm³/mol. The van der Waals surface area contributed by atoms with Crippen molar-refractivity contribution in [3.63, 3.8) is 0 Å². The lowest BCUT2D eigenvalue weighted by molar-refractivity contribution is 0.0690. The van der Waals surface area contributed by atoms with Crippen LogP contribution in [-0.4, -0.2) is 51.1 Å². The first-order valence-corrected chi connectivity index (χ1v) is 4.47. The average molecular weight is 196 g/mol. The highest BCUT2D eigenvalue weighted by atomic mass is 16.4. The molecule has 1 saturated heterocycles. The molecule has 2 heterocycles. The van der Waals surface area contributed by atoms with Gasteiger partial charge in [-0.2, -0.15) is 0 Å². The third kappa shape index (κ3) is 1.74. The van der Waals surface area contributed by atoms with Crippen molar-refractivity contribution >= 4 is 5.97 Å². The number of rotatable bonds is 3. The van der Waals surface area contributed by atoms with Gasteiger partial charge in [-0.25, -0.2) is 4.79 Å². The van der Waals surface area contributed by atoms with E-state index in [1.54, 1.807) is 4.68 Å². The van der Waals surface area contributed by atoms with Gasteiger partial charge in [0.15, 0.2) is 5.69 Å². The molecule has 0 atom stereocenters. The molecule has 6 heteroatoms. The van der Waals surface area contributed by atoms with Crippen LogP contribution in [0.1, 0.15) is 10.5 Å². The van der Waals surface area contributed by atoms with Gasteiger partial charge in [0.05, 0.1) is 6.20 Å². The molecular weight excluding hydrogens is 184 g/mol. The maximum absolute atomic E-state index is 10.5. The van der Waals surface area contributed by atoms with Crippen molar-refractivity contribution in [3.8, 4) is 0 Å². The van der Waals surface area contributed by atoms with Gasteiger partial charge < -0.3 is 10.0 Å². The fraction of sp³-hybridized carbons (Fsp3) is 0.625. The summed E-state index contributed by atoms with van der Waals surface area (Å²) in [5, 5.41) is 15.9. The molecule has 1 fully saturated rings. The lowest BCUT2D eigenvalue weighted by Crippen LogP contribution is -2.45. The van der Waals surface area contributed by atoms with Gasteiger partial charge in [0, 0.05) is 25.6 Å². The predicted octanol–water partition coefficient (Wildman–Crippen LogP) is -0.462. The van der Waals surface area contributed by atoms with Crippen molar-refractivity contribution in [2.24, 2.45) is 5.92 Å². The van der Waals surface area contributed by atoms with Gasteiger partial charge in [-0.3, -0.25) is 4.68 Å². The van der Waals surface area contributed by atoms with Crippen molar-refractivity contribution in [1.29, 1.82) is 0 Å². The molecular formula is C8H12N4O2. The fourth-order valence-corrected chi connectivity index (χ4v) is 1.69. The monoisotopic (exact) mass is 196 g/mol. The molecule has 76 valence electrons. The maximum Gasteiger partial charge on any atom is 0.358 e. The Bertz CT molecular complexity index is 343. The zero-order valence-electron chi connectivity index (χ0n) is 7.92. The van der Waals surface area contributed by atoms with Gasteiger partial charge >= 0.3 is 5.97 Å². The number of hydrogen-bond acceptors (Lipinski definition) is 4. The van der Waals surface area contributed by atoms with E-state index in [1.807, 2.05) is 0 Å². The lowest BCUT2D eigenvalue weighted by Gasteiger charge is -2.35. The van der Waals surface area contributed by atoms with Gasteiger partial charge in [-0.05, 0) is 7.05 Å². The van der Waals surface area contributed by atoms with Crippen LogP contribution in [0.15, 0.2) is 6.20 Å². The summed E-state index contributed by atoms with van der Waals surface area (Å²) in [6.07, 6.45) is 1.47. The van der Waals surface area contributed by atoms with Crippen LogP contribution in [0, 0.1) is 5.92 Å². The van der Waals surface area contributed by atoms with Gasteiger partial charge in [0.1, 0.15) is 0 Å². The van der Waals surface area contributed by atoms with E-state index in [0.717, 1.165) is 19.6 Å². The van der Waals surface area contributed by atoms with Crippen molar-refractivity contribution in [1.82, 2.24) is 19.9 Å². The molecule has 0 spiro atoms. The van der Waals surface area contributed by atoms with Gasteiger partial charge in [-0.15, -0.1) is 5.10 Å². The molecule has 1 N–H and O–H groups in total. The number of hydrogen-bond donors (Lipinski definition) is 1. The second-order valence-corrected chi connectivity index (χ2v) is 3.72. The second kappa shape index (κ2) is 3.38. The van der Waals surface area contributed by atoms with Crippen LogP contribution in [0.5, 0.6) is 0 Å². The quantitative estimate of drug-likeness (QED) is 0.708. The summed E-state index contributed by atoms with van der Waals surface area (Å²) >= 11 is 0. The van der Waals surface area contributed by atoms with Crippen LogP contribution >= 0.6 is 0 Å². The minimum Gasteiger partial charge on any atom is -0.476 e. The van der Waals surface area contributed by atoms with Crippen LogP contribution < -0.4 is 0 Å². The molecule has 1 aliphatic heterocycles. The van der Waals surface area contributed by atoms with Crippen molar-refractivity contribution < 1.29 is 9.90 Å². The molecule has 0 bridgehead atoms. The fourth-order valence-electron chi connectivity index (χ4n) is 1.69. The summed E-state index contributed by atoms with van der Waals surface area (Å²) in [6.45, 7) is 2.84. The van der Waals surface area contributed by atoms with E-state index >= 15 is 0 Å². The third-order valence-electron chi connectivity index (χ3n) is 2.34. The van der Waals surface area contributed by atoms with Crippen molar-refractivity contribution in [2.45, 2.75) is 6.54 Å². The van der Waals surface area contributed by atoms with Gasteiger partial charge in [-0.1, -0.05) is 5.21 Å². The van der Waals surface area contributed by atoms with Crippen LogP contribution in [0.3, 0.4) is 0 Å². The number of carboxylic acids is 1. The average Bonchev–Trinajstić information content (AvgIpc) is 2.50. The number of carbonyl (C=O) groups is 1. The molecule has 2 rings (SSSR count). The maximum atomic E-state index is 10.5. The van der Waals surface area contributed by atoms with Crippen molar-refractivity contribution in [3.05, 3.63) is 11.9 Å². The number of nitrogens with zero attached hydrogens (tertiary/aromatic N) is 4. The Morgan fingerprint density at radius 2 is 2.43 bits per heavy atom.